The van der Waals surface area contributed by atoms with Gasteiger partial charge < -0.3 is 0 Å². The summed E-state index contributed by atoms with van der Waals surface area (Å²) in [5.74, 6) is 0.205. The van der Waals surface area contributed by atoms with Gasteiger partial charge in [-0.25, -0.2) is 0 Å². The third-order valence-corrected chi connectivity index (χ3v) is 4.09. The van der Waals surface area contributed by atoms with Gasteiger partial charge in [0.1, 0.15) is 10.7 Å². The second-order valence-electron chi connectivity index (χ2n) is 3.55. The molecule has 88 valence electrons. The maximum atomic E-state index is 12.1. The zero-order valence-electron chi connectivity index (χ0n) is 9.20. The number of hydrogen-bond acceptors (Lipinski definition) is 4. The molecule has 1 aliphatic carbocycles. The molecule has 0 aromatic carbocycles. The zero-order valence-corrected chi connectivity index (χ0v) is 10.8. The average Bonchev–Trinajstić information content (AvgIpc) is 2.36. The summed E-state index contributed by atoms with van der Waals surface area (Å²) in [5, 5.41) is -0.000324. The van der Waals surface area contributed by atoms with Crippen molar-refractivity contribution in [2.75, 3.05) is 5.75 Å². The summed E-state index contributed by atoms with van der Waals surface area (Å²) in [6.07, 6.45) is 2.40. The molecule has 1 heterocycles. The molecular weight excluding hydrogens is 258 g/mol. The predicted octanol–water partition coefficient (Wildman–Crippen LogP) is 3.05. The van der Waals surface area contributed by atoms with E-state index < -0.39 is 0 Å². The number of allylic oxidation sites excluding steroid dienone is 2. The van der Waals surface area contributed by atoms with Crippen LogP contribution in [0.25, 0.3) is 0 Å². The number of nitrogens with zero attached hydrogens (tertiary/aromatic N) is 1. The Hall–Kier alpha value is -1.13. The Bertz CT molecular complexity index is 525. The Balaban J connectivity index is 2.47. The van der Waals surface area contributed by atoms with Crippen LogP contribution in [-0.4, -0.2) is 22.3 Å². The molecule has 0 saturated carbocycles. The molecule has 2 rings (SSSR count). The molecule has 0 spiro atoms. The van der Waals surface area contributed by atoms with Crippen LogP contribution in [0.4, 0.5) is 0 Å². The lowest BCUT2D eigenvalue weighted by Crippen LogP contribution is -2.20. The summed E-state index contributed by atoms with van der Waals surface area (Å²) in [4.78, 5) is 28.3. The number of ketones is 2. The number of aromatic nitrogens is 1. The lowest BCUT2D eigenvalue weighted by molar-refractivity contribution is 0.0984. The molecule has 0 aliphatic heterocycles. The van der Waals surface area contributed by atoms with Crippen molar-refractivity contribution in [1.82, 2.24) is 4.98 Å². The molecular formula is C12H10ClNO2S. The summed E-state index contributed by atoms with van der Waals surface area (Å²) in [6, 6.07) is 3.25. The topological polar surface area (TPSA) is 47.0 Å². The van der Waals surface area contributed by atoms with E-state index >= 15 is 0 Å². The molecule has 0 bridgehead atoms. The van der Waals surface area contributed by atoms with Gasteiger partial charge in [0.25, 0.3) is 0 Å². The molecule has 1 aromatic rings. The van der Waals surface area contributed by atoms with Gasteiger partial charge >= 0.3 is 0 Å². The fourth-order valence-electron chi connectivity index (χ4n) is 1.53. The fourth-order valence-corrected chi connectivity index (χ4v) is 2.74. The van der Waals surface area contributed by atoms with Crippen molar-refractivity contribution < 1.29 is 9.59 Å². The lowest BCUT2D eigenvalue weighted by atomic mass is 10.00. The molecule has 0 fully saturated rings. The Kier molecular flexibility index (Phi) is 3.64. The Morgan fingerprint density at radius 1 is 1.35 bits per heavy atom. The number of carbonyl (C=O) groups is 2. The predicted molar refractivity (Wildman–Crippen MR) is 68.5 cm³/mol. The molecule has 17 heavy (non-hydrogen) atoms. The first-order valence-electron chi connectivity index (χ1n) is 5.23. The van der Waals surface area contributed by atoms with Crippen LogP contribution in [0.15, 0.2) is 28.3 Å². The quantitative estimate of drug-likeness (QED) is 0.844. The fraction of sp³-hybridized carbons (Fsp3) is 0.250. The van der Waals surface area contributed by atoms with Gasteiger partial charge in [-0.3, -0.25) is 14.6 Å². The minimum absolute atomic E-state index is 0.000324. The Labute approximate surface area is 108 Å². The van der Waals surface area contributed by atoms with Crippen LogP contribution in [0.1, 0.15) is 34.2 Å². The first kappa shape index (κ1) is 12.3. The van der Waals surface area contributed by atoms with Gasteiger partial charge in [-0.2, -0.15) is 0 Å². The van der Waals surface area contributed by atoms with Crippen LogP contribution in [0.3, 0.4) is 0 Å². The Morgan fingerprint density at radius 2 is 2.12 bits per heavy atom. The third kappa shape index (κ3) is 2.15. The van der Waals surface area contributed by atoms with E-state index in [4.69, 9.17) is 11.6 Å². The molecule has 5 heteroatoms. The average molecular weight is 268 g/mol. The maximum absolute atomic E-state index is 12.1. The number of pyridine rings is 1. The van der Waals surface area contributed by atoms with Crippen molar-refractivity contribution >= 4 is 34.9 Å². The summed E-state index contributed by atoms with van der Waals surface area (Å²) >= 11 is 7.27. The highest BCUT2D eigenvalue weighted by molar-refractivity contribution is 8.04. The smallest absolute Gasteiger partial charge is 0.224 e. The summed E-state index contributed by atoms with van der Waals surface area (Å²) in [7, 11) is 0. The van der Waals surface area contributed by atoms with Crippen LogP contribution in [0, 0.1) is 0 Å². The van der Waals surface area contributed by atoms with Crippen LogP contribution >= 0.6 is 23.4 Å². The zero-order chi connectivity index (χ0) is 12.4. The number of rotatable bonds is 3. The van der Waals surface area contributed by atoms with Gasteiger partial charge in [0, 0.05) is 6.20 Å². The van der Waals surface area contributed by atoms with Crippen molar-refractivity contribution in [1.29, 1.82) is 0 Å². The van der Waals surface area contributed by atoms with Crippen LogP contribution < -0.4 is 0 Å². The lowest BCUT2D eigenvalue weighted by Gasteiger charge is -2.15. The van der Waals surface area contributed by atoms with Gasteiger partial charge in [0.05, 0.1) is 10.5 Å². The number of Topliss-reactive ketones (excluding diaryl/α,β-unsaturated/α-hetero) is 2. The van der Waals surface area contributed by atoms with E-state index in [2.05, 4.69) is 4.98 Å². The van der Waals surface area contributed by atoms with Crippen molar-refractivity contribution in [3.63, 3.8) is 0 Å². The minimum Gasteiger partial charge on any atom is -0.288 e. The number of carbonyl (C=O) groups excluding carboxylic acids is 2. The summed E-state index contributed by atoms with van der Waals surface area (Å²) in [5.41, 5.74) is 0.504. The van der Waals surface area contributed by atoms with E-state index in [-0.39, 0.29) is 22.3 Å². The molecule has 1 aromatic heterocycles. The highest BCUT2D eigenvalue weighted by atomic mass is 35.5. The number of thioether (sulfide) groups is 1. The highest BCUT2D eigenvalue weighted by Crippen LogP contribution is 2.33. The normalized spacial score (nSPS) is 15.2. The van der Waals surface area contributed by atoms with E-state index in [0.29, 0.717) is 10.5 Å². The third-order valence-electron chi connectivity index (χ3n) is 2.32. The second kappa shape index (κ2) is 5.02. The van der Waals surface area contributed by atoms with Gasteiger partial charge in [0.15, 0.2) is 0 Å². The van der Waals surface area contributed by atoms with Crippen LogP contribution in [0.2, 0.25) is 0 Å². The van der Waals surface area contributed by atoms with E-state index in [1.165, 1.54) is 18.0 Å². The monoisotopic (exact) mass is 267 g/mol. The van der Waals surface area contributed by atoms with E-state index in [9.17, 15) is 9.59 Å². The SMILES string of the molecule is CCCSC1=C(Cl)C(=O)c2ncccc2C1=O. The summed E-state index contributed by atoms with van der Waals surface area (Å²) < 4.78 is 0. The van der Waals surface area contributed by atoms with Crippen LogP contribution in [-0.2, 0) is 0 Å². The standard InChI is InChI=1S/C12H10ClNO2S/c1-2-6-17-12-8(13)11(16)9-7(10(12)15)4-3-5-14-9/h3-5H,2,6H2,1H3. The van der Waals surface area contributed by atoms with Gasteiger partial charge in [0.2, 0.25) is 11.6 Å². The first-order valence-corrected chi connectivity index (χ1v) is 6.60. The molecule has 0 N–H and O–H groups in total. The minimum atomic E-state index is -0.361. The van der Waals surface area contributed by atoms with Crippen molar-refractivity contribution in [2.45, 2.75) is 13.3 Å². The van der Waals surface area contributed by atoms with E-state index in [1.54, 1.807) is 12.1 Å². The number of halogens is 1. The molecule has 3 nitrogen and oxygen atoms in total. The van der Waals surface area contributed by atoms with E-state index in [1.807, 2.05) is 6.92 Å². The van der Waals surface area contributed by atoms with Crippen molar-refractivity contribution in [3.05, 3.63) is 39.5 Å². The number of fused-ring (bicyclic) bond motifs is 1. The molecule has 0 amide bonds. The second-order valence-corrected chi connectivity index (χ2v) is 5.03. The largest absolute Gasteiger partial charge is 0.288 e. The molecule has 0 saturated heterocycles. The summed E-state index contributed by atoms with van der Waals surface area (Å²) in [6.45, 7) is 2.01. The maximum Gasteiger partial charge on any atom is 0.224 e. The molecule has 1 aliphatic rings. The Morgan fingerprint density at radius 3 is 2.82 bits per heavy atom. The molecule has 0 unspecified atom stereocenters. The van der Waals surface area contributed by atoms with Crippen LogP contribution in [0.5, 0.6) is 0 Å². The van der Waals surface area contributed by atoms with Gasteiger partial charge in [-0.1, -0.05) is 18.5 Å². The highest BCUT2D eigenvalue weighted by Gasteiger charge is 2.32. The van der Waals surface area contributed by atoms with E-state index in [0.717, 1.165) is 12.2 Å². The molecule has 0 radical (unpaired) electrons. The first-order chi connectivity index (χ1) is 8.16. The van der Waals surface area contributed by atoms with Crippen molar-refractivity contribution in [3.8, 4) is 0 Å². The van der Waals surface area contributed by atoms with Gasteiger partial charge in [-0.05, 0) is 24.3 Å². The molecule has 0 atom stereocenters. The van der Waals surface area contributed by atoms with Crippen molar-refractivity contribution in [2.24, 2.45) is 0 Å². The number of hydrogen-bond donors (Lipinski definition) is 0. The van der Waals surface area contributed by atoms with Gasteiger partial charge in [-0.15, -0.1) is 11.8 Å².